The molecule has 7 nitrogen and oxygen atoms in total. The molecule has 0 radical (unpaired) electrons. The summed E-state index contributed by atoms with van der Waals surface area (Å²) in [5.74, 6) is 1.50. The van der Waals surface area contributed by atoms with Gasteiger partial charge in [-0.2, -0.15) is 5.10 Å². The standard InChI is InChI=1S/C20H21ClN4O3/c1-16-2-5-19(6-3-16)27-10-8-26-9-11-28-20-7-4-18(21)12-17(20)13-24-25-14-22-23-15-25/h2-7,12-15H,8-11H2,1H3/b24-13+. The number of nitrogens with zero attached hydrogens (tertiary/aromatic N) is 4. The average Bonchev–Trinajstić information content (AvgIpc) is 3.22. The quantitative estimate of drug-likeness (QED) is 0.384. The highest BCUT2D eigenvalue weighted by Crippen LogP contribution is 2.21. The lowest BCUT2D eigenvalue weighted by Crippen LogP contribution is -2.12. The summed E-state index contributed by atoms with van der Waals surface area (Å²) in [5, 5.41) is 12.2. The molecule has 0 bridgehead atoms. The predicted octanol–water partition coefficient (Wildman–Crippen LogP) is 3.60. The van der Waals surface area contributed by atoms with Crippen molar-refractivity contribution in [3.8, 4) is 11.5 Å². The minimum atomic E-state index is 0.402. The third-order valence-electron chi connectivity index (χ3n) is 3.71. The van der Waals surface area contributed by atoms with Gasteiger partial charge in [0.25, 0.3) is 0 Å². The summed E-state index contributed by atoms with van der Waals surface area (Å²) >= 11 is 6.07. The Labute approximate surface area is 168 Å². The monoisotopic (exact) mass is 400 g/mol. The molecule has 8 heteroatoms. The number of hydrogen-bond donors (Lipinski definition) is 0. The summed E-state index contributed by atoms with van der Waals surface area (Å²) in [6.07, 6.45) is 4.63. The lowest BCUT2D eigenvalue weighted by molar-refractivity contribution is 0.0764. The number of aromatic nitrogens is 3. The van der Waals surface area contributed by atoms with Crippen molar-refractivity contribution in [3.05, 3.63) is 71.3 Å². The normalized spacial score (nSPS) is 11.1. The van der Waals surface area contributed by atoms with Crippen LogP contribution in [0, 0.1) is 6.92 Å². The van der Waals surface area contributed by atoms with Crippen LogP contribution >= 0.6 is 11.6 Å². The molecule has 0 N–H and O–H groups in total. The molecule has 0 saturated heterocycles. The van der Waals surface area contributed by atoms with Gasteiger partial charge in [0, 0.05) is 10.6 Å². The second kappa shape index (κ2) is 10.4. The van der Waals surface area contributed by atoms with Crippen LogP contribution in [0.15, 0.2) is 60.2 Å². The minimum absolute atomic E-state index is 0.402. The third kappa shape index (κ3) is 6.37. The molecule has 0 aliphatic carbocycles. The van der Waals surface area contributed by atoms with Crippen LogP contribution in [-0.2, 0) is 4.74 Å². The van der Waals surface area contributed by atoms with Crippen LogP contribution in [-0.4, -0.2) is 47.5 Å². The lowest BCUT2D eigenvalue weighted by Gasteiger charge is -2.10. The number of halogens is 1. The highest BCUT2D eigenvalue weighted by molar-refractivity contribution is 6.30. The van der Waals surface area contributed by atoms with E-state index in [1.165, 1.54) is 22.9 Å². The van der Waals surface area contributed by atoms with Gasteiger partial charge in [-0.3, -0.25) is 0 Å². The molecule has 0 unspecified atom stereocenters. The van der Waals surface area contributed by atoms with Gasteiger partial charge in [0.15, 0.2) is 0 Å². The number of hydrogen-bond acceptors (Lipinski definition) is 6. The molecule has 0 aliphatic rings. The van der Waals surface area contributed by atoms with Gasteiger partial charge in [-0.1, -0.05) is 29.3 Å². The Morgan fingerprint density at radius 1 is 0.964 bits per heavy atom. The summed E-state index contributed by atoms with van der Waals surface area (Å²) < 4.78 is 18.4. The second-order valence-electron chi connectivity index (χ2n) is 5.89. The van der Waals surface area contributed by atoms with E-state index in [1.807, 2.05) is 31.2 Å². The summed E-state index contributed by atoms with van der Waals surface area (Å²) in [6, 6.07) is 13.3. The Kier molecular flexibility index (Phi) is 7.40. The summed E-state index contributed by atoms with van der Waals surface area (Å²) in [7, 11) is 0. The van der Waals surface area contributed by atoms with Crippen molar-refractivity contribution in [1.82, 2.24) is 14.9 Å². The maximum Gasteiger partial charge on any atom is 0.141 e. The number of rotatable bonds is 10. The molecular weight excluding hydrogens is 380 g/mol. The van der Waals surface area contributed by atoms with Gasteiger partial charge in [-0.15, -0.1) is 10.2 Å². The average molecular weight is 401 g/mol. The third-order valence-corrected chi connectivity index (χ3v) is 3.95. The molecule has 0 aliphatic heterocycles. The molecule has 28 heavy (non-hydrogen) atoms. The Bertz CT molecular complexity index is 883. The topological polar surface area (TPSA) is 70.8 Å². The van der Waals surface area contributed by atoms with Crippen LogP contribution in [0.4, 0.5) is 0 Å². The van der Waals surface area contributed by atoms with Crippen LogP contribution < -0.4 is 9.47 Å². The zero-order valence-electron chi connectivity index (χ0n) is 15.5. The smallest absolute Gasteiger partial charge is 0.141 e. The Morgan fingerprint density at radius 3 is 2.43 bits per heavy atom. The van der Waals surface area contributed by atoms with Crippen LogP contribution in [0.3, 0.4) is 0 Å². The molecule has 0 fully saturated rings. The largest absolute Gasteiger partial charge is 0.491 e. The molecule has 1 heterocycles. The molecule has 0 saturated carbocycles. The number of aryl methyl sites for hydroxylation is 1. The SMILES string of the molecule is Cc1ccc(OCCOCCOc2ccc(Cl)cc2/C=N/n2cnnc2)cc1. The zero-order valence-corrected chi connectivity index (χ0v) is 16.2. The molecule has 146 valence electrons. The van der Waals surface area contributed by atoms with Gasteiger partial charge >= 0.3 is 0 Å². The van der Waals surface area contributed by atoms with Crippen LogP contribution in [0.5, 0.6) is 11.5 Å². The Morgan fingerprint density at radius 2 is 1.68 bits per heavy atom. The summed E-state index contributed by atoms with van der Waals surface area (Å²) in [5.41, 5.74) is 1.96. The Balaban J connectivity index is 1.40. The molecule has 0 spiro atoms. The minimum Gasteiger partial charge on any atom is -0.491 e. The van der Waals surface area contributed by atoms with Crippen molar-refractivity contribution < 1.29 is 14.2 Å². The zero-order chi connectivity index (χ0) is 19.6. The van der Waals surface area contributed by atoms with Gasteiger partial charge in [0.1, 0.15) is 37.4 Å². The van der Waals surface area contributed by atoms with Gasteiger partial charge in [0.05, 0.1) is 19.4 Å². The molecule has 0 atom stereocenters. The van der Waals surface area contributed by atoms with E-state index in [1.54, 1.807) is 24.4 Å². The van der Waals surface area contributed by atoms with Gasteiger partial charge in [-0.25, -0.2) is 4.68 Å². The highest BCUT2D eigenvalue weighted by atomic mass is 35.5. The van der Waals surface area contributed by atoms with Crippen LogP contribution in [0.1, 0.15) is 11.1 Å². The first kappa shape index (κ1) is 19.9. The fourth-order valence-electron chi connectivity index (χ4n) is 2.30. The van der Waals surface area contributed by atoms with Crippen molar-refractivity contribution >= 4 is 17.8 Å². The first-order valence-electron chi connectivity index (χ1n) is 8.79. The van der Waals surface area contributed by atoms with E-state index in [4.69, 9.17) is 25.8 Å². The fraction of sp³-hybridized carbons (Fsp3) is 0.250. The fourth-order valence-corrected chi connectivity index (χ4v) is 2.48. The second-order valence-corrected chi connectivity index (χ2v) is 6.33. The van der Waals surface area contributed by atoms with E-state index < -0.39 is 0 Å². The molecule has 3 aromatic rings. The summed E-state index contributed by atoms with van der Waals surface area (Å²) in [6.45, 7) is 3.86. The molecule has 0 amide bonds. The summed E-state index contributed by atoms with van der Waals surface area (Å²) in [4.78, 5) is 0. The van der Waals surface area contributed by atoms with Crippen molar-refractivity contribution in [3.63, 3.8) is 0 Å². The van der Waals surface area contributed by atoms with Crippen LogP contribution in [0.2, 0.25) is 5.02 Å². The van der Waals surface area contributed by atoms with E-state index >= 15 is 0 Å². The highest BCUT2D eigenvalue weighted by Gasteiger charge is 2.03. The van der Waals surface area contributed by atoms with E-state index in [0.717, 1.165) is 11.3 Å². The van der Waals surface area contributed by atoms with Crippen molar-refractivity contribution in [2.75, 3.05) is 26.4 Å². The lowest BCUT2D eigenvalue weighted by atomic mass is 10.2. The van der Waals surface area contributed by atoms with Gasteiger partial charge < -0.3 is 14.2 Å². The molecule has 1 aromatic heterocycles. The number of ether oxygens (including phenoxy) is 3. The first-order chi connectivity index (χ1) is 13.7. The first-order valence-corrected chi connectivity index (χ1v) is 9.17. The van der Waals surface area contributed by atoms with E-state index in [2.05, 4.69) is 15.3 Å². The molecular formula is C20H21ClN4O3. The van der Waals surface area contributed by atoms with E-state index in [-0.39, 0.29) is 0 Å². The van der Waals surface area contributed by atoms with Crippen molar-refractivity contribution in [2.45, 2.75) is 6.92 Å². The Hall–Kier alpha value is -2.90. The molecule has 3 rings (SSSR count). The molecule has 2 aromatic carbocycles. The van der Waals surface area contributed by atoms with E-state index in [9.17, 15) is 0 Å². The van der Waals surface area contributed by atoms with Crippen molar-refractivity contribution in [2.24, 2.45) is 5.10 Å². The van der Waals surface area contributed by atoms with E-state index in [0.29, 0.717) is 37.2 Å². The predicted molar refractivity (Wildman–Crippen MR) is 107 cm³/mol. The van der Waals surface area contributed by atoms with Gasteiger partial charge in [-0.05, 0) is 37.3 Å². The maximum atomic E-state index is 6.07. The van der Waals surface area contributed by atoms with Crippen LogP contribution in [0.25, 0.3) is 0 Å². The number of benzene rings is 2. The maximum absolute atomic E-state index is 6.07. The van der Waals surface area contributed by atoms with Gasteiger partial charge in [0.2, 0.25) is 0 Å². The van der Waals surface area contributed by atoms with Crippen molar-refractivity contribution in [1.29, 1.82) is 0 Å².